The summed E-state index contributed by atoms with van der Waals surface area (Å²) in [5.41, 5.74) is 0.139. The lowest BCUT2D eigenvalue weighted by molar-refractivity contribution is -0.146. The Balaban J connectivity index is 2.16. The number of hydrogen-bond donors (Lipinski definition) is 0. The summed E-state index contributed by atoms with van der Waals surface area (Å²) in [6, 6.07) is 7.29. The lowest BCUT2D eigenvalue weighted by Crippen LogP contribution is -2.25. The number of carbonyl (C=O) groups excluding carboxylic acids is 1. The molecule has 0 aromatic heterocycles. The van der Waals surface area contributed by atoms with Crippen LogP contribution in [0.4, 0.5) is 0 Å². The summed E-state index contributed by atoms with van der Waals surface area (Å²) in [6.45, 7) is 5.88. The Kier molecular flexibility index (Phi) is 4.05. The van der Waals surface area contributed by atoms with E-state index in [4.69, 9.17) is 16.3 Å². The molecule has 0 unspecified atom stereocenters. The quantitative estimate of drug-likeness (QED) is 0.471. The van der Waals surface area contributed by atoms with Gasteiger partial charge in [-0.15, -0.1) is 6.58 Å². The van der Waals surface area contributed by atoms with Gasteiger partial charge in [-0.05, 0) is 31.0 Å². The number of benzene rings is 1. The maximum Gasteiger partial charge on any atom is 0.334 e. The Morgan fingerprint density at radius 1 is 1.58 bits per heavy atom. The van der Waals surface area contributed by atoms with Gasteiger partial charge in [0.2, 0.25) is 0 Å². The third-order valence-electron chi connectivity index (χ3n) is 3.21. The van der Waals surface area contributed by atoms with Gasteiger partial charge in [-0.1, -0.05) is 29.8 Å². The van der Waals surface area contributed by atoms with E-state index in [9.17, 15) is 4.79 Å². The van der Waals surface area contributed by atoms with Gasteiger partial charge in [-0.25, -0.2) is 4.79 Å². The molecule has 1 aliphatic rings. The Labute approximate surface area is 117 Å². The van der Waals surface area contributed by atoms with E-state index in [1.165, 1.54) is 0 Å². The van der Waals surface area contributed by atoms with Crippen molar-refractivity contribution < 1.29 is 9.53 Å². The van der Waals surface area contributed by atoms with Gasteiger partial charge in [0, 0.05) is 17.2 Å². The third-order valence-corrected chi connectivity index (χ3v) is 3.46. The lowest BCUT2D eigenvalue weighted by Gasteiger charge is -2.10. The largest absolute Gasteiger partial charge is 0.464 e. The van der Waals surface area contributed by atoms with E-state index in [1.54, 1.807) is 31.3 Å². The Morgan fingerprint density at radius 3 is 2.79 bits per heavy atom. The molecule has 0 bridgehead atoms. The molecule has 1 aromatic rings. The van der Waals surface area contributed by atoms with Crippen LogP contribution in [-0.2, 0) is 9.53 Å². The van der Waals surface area contributed by atoms with Crippen molar-refractivity contribution in [2.75, 3.05) is 6.61 Å². The van der Waals surface area contributed by atoms with Gasteiger partial charge in [0.1, 0.15) is 0 Å². The molecule has 0 spiro atoms. The molecule has 0 N–H and O–H groups in total. The number of aliphatic imine (C=N–C) groups is 1. The van der Waals surface area contributed by atoms with E-state index in [1.807, 2.05) is 12.1 Å². The van der Waals surface area contributed by atoms with Crippen molar-refractivity contribution in [2.24, 2.45) is 10.9 Å². The van der Waals surface area contributed by atoms with Crippen molar-refractivity contribution in [3.05, 3.63) is 47.5 Å². The molecule has 2 atom stereocenters. The highest BCUT2D eigenvalue weighted by Gasteiger charge is 2.60. The molecule has 1 aromatic carbocycles. The minimum absolute atomic E-state index is 0.0649. The summed E-state index contributed by atoms with van der Waals surface area (Å²) in [5, 5.41) is 0.674. The molecule has 0 heterocycles. The first-order valence-electron chi connectivity index (χ1n) is 6.23. The number of esters is 1. The molecular formula is C15H16ClNO2. The van der Waals surface area contributed by atoms with Crippen molar-refractivity contribution in [2.45, 2.75) is 18.9 Å². The molecule has 100 valence electrons. The first-order valence-corrected chi connectivity index (χ1v) is 6.60. The highest BCUT2D eigenvalue weighted by molar-refractivity contribution is 6.30. The molecular weight excluding hydrogens is 262 g/mol. The maximum absolute atomic E-state index is 12.0. The minimum Gasteiger partial charge on any atom is -0.464 e. The van der Waals surface area contributed by atoms with Gasteiger partial charge in [-0.3, -0.25) is 4.99 Å². The van der Waals surface area contributed by atoms with Gasteiger partial charge in [0.15, 0.2) is 5.54 Å². The summed E-state index contributed by atoms with van der Waals surface area (Å²) in [7, 11) is 0. The standard InChI is InChI=1S/C15H16ClNO2/c1-3-12-9-15(12,14(18)19-4-2)17-10-11-5-7-13(16)8-6-11/h3,5-8,10,12H,1,4,9H2,2H3/t12-,15-/m0/s1. The van der Waals surface area contributed by atoms with E-state index < -0.39 is 5.54 Å². The lowest BCUT2D eigenvalue weighted by atomic mass is 10.2. The zero-order valence-corrected chi connectivity index (χ0v) is 11.6. The van der Waals surface area contributed by atoms with Crippen LogP contribution in [-0.4, -0.2) is 24.3 Å². The smallest absolute Gasteiger partial charge is 0.334 e. The SMILES string of the molecule is C=C[C@H]1C[C@@]1(N=Cc1ccc(Cl)cc1)C(=O)OCC. The van der Waals surface area contributed by atoms with E-state index in [0.29, 0.717) is 18.1 Å². The molecule has 1 saturated carbocycles. The number of rotatable bonds is 5. The van der Waals surface area contributed by atoms with Crippen LogP contribution in [0.5, 0.6) is 0 Å². The third kappa shape index (κ3) is 2.87. The van der Waals surface area contributed by atoms with Gasteiger partial charge in [0.05, 0.1) is 6.61 Å². The first kappa shape index (κ1) is 13.8. The molecule has 4 heteroatoms. The number of ether oxygens (including phenoxy) is 1. The van der Waals surface area contributed by atoms with E-state index in [2.05, 4.69) is 11.6 Å². The van der Waals surface area contributed by atoms with Crippen LogP contribution in [0.25, 0.3) is 0 Å². The second-order valence-electron chi connectivity index (χ2n) is 4.50. The fourth-order valence-corrected chi connectivity index (χ4v) is 2.11. The highest BCUT2D eigenvalue weighted by atomic mass is 35.5. The van der Waals surface area contributed by atoms with E-state index in [-0.39, 0.29) is 11.9 Å². The van der Waals surface area contributed by atoms with Gasteiger partial charge < -0.3 is 4.74 Å². The van der Waals surface area contributed by atoms with Crippen LogP contribution in [0.2, 0.25) is 5.02 Å². The topological polar surface area (TPSA) is 38.7 Å². The van der Waals surface area contributed by atoms with Crippen LogP contribution in [0.3, 0.4) is 0 Å². The van der Waals surface area contributed by atoms with Crippen LogP contribution in [0.1, 0.15) is 18.9 Å². The van der Waals surface area contributed by atoms with Crippen molar-refractivity contribution in [3.8, 4) is 0 Å². The number of halogens is 1. The van der Waals surface area contributed by atoms with E-state index >= 15 is 0 Å². The number of carbonyl (C=O) groups is 1. The summed E-state index contributed by atoms with van der Waals surface area (Å²) in [4.78, 5) is 16.4. The van der Waals surface area contributed by atoms with Gasteiger partial charge in [-0.2, -0.15) is 0 Å². The Hall–Kier alpha value is -1.61. The minimum atomic E-state index is -0.766. The van der Waals surface area contributed by atoms with Gasteiger partial charge >= 0.3 is 5.97 Å². The predicted molar refractivity (Wildman–Crippen MR) is 76.7 cm³/mol. The van der Waals surface area contributed by atoms with E-state index in [0.717, 1.165) is 5.56 Å². The van der Waals surface area contributed by atoms with Crippen molar-refractivity contribution in [3.63, 3.8) is 0 Å². The maximum atomic E-state index is 12.0. The number of nitrogens with zero attached hydrogens (tertiary/aromatic N) is 1. The normalized spacial score (nSPS) is 25.3. The molecule has 19 heavy (non-hydrogen) atoms. The Bertz CT molecular complexity index is 509. The molecule has 1 fully saturated rings. The molecule has 2 rings (SSSR count). The second kappa shape index (κ2) is 5.57. The zero-order valence-electron chi connectivity index (χ0n) is 10.8. The second-order valence-corrected chi connectivity index (χ2v) is 4.94. The average Bonchev–Trinajstić information content (AvgIpc) is 3.13. The highest BCUT2D eigenvalue weighted by Crippen LogP contribution is 2.48. The zero-order chi connectivity index (χ0) is 13.9. The average molecular weight is 278 g/mol. The van der Waals surface area contributed by atoms with Crippen molar-refractivity contribution in [1.82, 2.24) is 0 Å². The van der Waals surface area contributed by atoms with Crippen molar-refractivity contribution >= 4 is 23.8 Å². The number of hydrogen-bond acceptors (Lipinski definition) is 3. The summed E-state index contributed by atoms with van der Waals surface area (Å²) in [6.07, 6.45) is 4.12. The monoisotopic (exact) mass is 277 g/mol. The van der Waals surface area contributed by atoms with Crippen LogP contribution in [0.15, 0.2) is 41.9 Å². The molecule has 0 amide bonds. The molecule has 3 nitrogen and oxygen atoms in total. The predicted octanol–water partition coefficient (Wildman–Crippen LogP) is 3.27. The summed E-state index contributed by atoms with van der Waals surface area (Å²) >= 11 is 5.82. The molecule has 0 aliphatic heterocycles. The fourth-order valence-electron chi connectivity index (χ4n) is 1.99. The van der Waals surface area contributed by atoms with Crippen molar-refractivity contribution in [1.29, 1.82) is 0 Å². The Morgan fingerprint density at radius 2 is 2.26 bits per heavy atom. The summed E-state index contributed by atoms with van der Waals surface area (Å²) in [5.74, 6) is -0.208. The molecule has 0 radical (unpaired) electrons. The first-order chi connectivity index (χ1) is 9.12. The summed E-state index contributed by atoms with van der Waals surface area (Å²) < 4.78 is 5.09. The van der Waals surface area contributed by atoms with Crippen LogP contribution < -0.4 is 0 Å². The fraction of sp³-hybridized carbons (Fsp3) is 0.333. The van der Waals surface area contributed by atoms with Gasteiger partial charge in [0.25, 0.3) is 0 Å². The van der Waals surface area contributed by atoms with Crippen LogP contribution >= 0.6 is 11.6 Å². The molecule has 1 aliphatic carbocycles. The van der Waals surface area contributed by atoms with Crippen LogP contribution in [0, 0.1) is 5.92 Å². The molecule has 0 saturated heterocycles.